The fraction of sp³-hybridized carbons (Fsp3) is 0.409. The summed E-state index contributed by atoms with van der Waals surface area (Å²) < 4.78 is 41.2. The minimum Gasteiger partial charge on any atom is -0.335 e. The molecule has 7 heteroatoms. The van der Waals surface area contributed by atoms with Gasteiger partial charge < -0.3 is 16.0 Å². The number of urea groups is 1. The van der Waals surface area contributed by atoms with Crippen molar-refractivity contribution in [2.45, 2.75) is 49.7 Å². The molecule has 1 fully saturated rings. The largest absolute Gasteiger partial charge is 0.335 e. The van der Waals surface area contributed by atoms with E-state index < -0.39 is 36.5 Å². The first-order chi connectivity index (χ1) is 13.8. The molecule has 1 aliphatic carbocycles. The van der Waals surface area contributed by atoms with Crippen LogP contribution in [-0.2, 0) is 6.42 Å². The highest BCUT2D eigenvalue weighted by atomic mass is 19.3. The van der Waals surface area contributed by atoms with Crippen LogP contribution in [0.4, 0.5) is 18.0 Å². The molecule has 0 aromatic heterocycles. The summed E-state index contributed by atoms with van der Waals surface area (Å²) in [5.74, 6) is -3.23. The summed E-state index contributed by atoms with van der Waals surface area (Å²) in [6.07, 6.45) is 0.237. The molecule has 3 N–H and O–H groups in total. The van der Waals surface area contributed by atoms with E-state index in [1.165, 1.54) is 12.1 Å². The molecule has 0 bridgehead atoms. The van der Waals surface area contributed by atoms with Crippen LogP contribution in [0, 0.1) is 5.82 Å². The van der Waals surface area contributed by atoms with E-state index in [-0.39, 0.29) is 12.2 Å². The lowest BCUT2D eigenvalue weighted by atomic mass is 9.87. The second kappa shape index (κ2) is 7.71. The highest BCUT2D eigenvalue weighted by molar-refractivity contribution is 5.76. The van der Waals surface area contributed by atoms with Gasteiger partial charge in [0.2, 0.25) is 0 Å². The quantitative estimate of drug-likeness (QED) is 0.796. The number of nitrogens with two attached hydrogens (primary N) is 1. The van der Waals surface area contributed by atoms with Gasteiger partial charge >= 0.3 is 6.03 Å². The van der Waals surface area contributed by atoms with Crippen LogP contribution in [0.1, 0.15) is 42.0 Å². The van der Waals surface area contributed by atoms with Crippen molar-refractivity contribution in [1.29, 1.82) is 0 Å². The van der Waals surface area contributed by atoms with E-state index in [2.05, 4.69) is 5.32 Å². The lowest BCUT2D eigenvalue weighted by Gasteiger charge is -2.40. The van der Waals surface area contributed by atoms with E-state index in [0.29, 0.717) is 19.4 Å². The van der Waals surface area contributed by atoms with Crippen molar-refractivity contribution in [2.24, 2.45) is 5.73 Å². The maximum Gasteiger partial charge on any atom is 0.318 e. The number of fused-ring (bicyclic) bond motifs is 1. The number of nitrogens with one attached hydrogen (secondary N) is 1. The van der Waals surface area contributed by atoms with Gasteiger partial charge in [-0.3, -0.25) is 0 Å². The molecule has 1 heterocycles. The summed E-state index contributed by atoms with van der Waals surface area (Å²) >= 11 is 0. The van der Waals surface area contributed by atoms with Gasteiger partial charge in [0, 0.05) is 31.5 Å². The molecule has 1 aliphatic heterocycles. The summed E-state index contributed by atoms with van der Waals surface area (Å²) in [6, 6.07) is 11.7. The number of alkyl halides is 2. The topological polar surface area (TPSA) is 58.4 Å². The molecule has 29 heavy (non-hydrogen) atoms. The minimum atomic E-state index is -2.87. The molecule has 1 saturated carbocycles. The van der Waals surface area contributed by atoms with Gasteiger partial charge in [0.25, 0.3) is 5.92 Å². The maximum absolute atomic E-state index is 13.9. The van der Waals surface area contributed by atoms with Crippen molar-refractivity contribution in [3.05, 3.63) is 71.0 Å². The highest BCUT2D eigenvalue weighted by Gasteiger charge is 2.41. The Morgan fingerprint density at radius 1 is 1.10 bits per heavy atom. The first-order valence-corrected chi connectivity index (χ1v) is 9.86. The number of carbonyl (C=O) groups excluding carboxylic acids is 1. The Balaban J connectivity index is 1.61. The fourth-order valence-corrected chi connectivity index (χ4v) is 4.52. The standard InChI is InChI=1S/C22H24F3N3O/c23-16-7-5-15(6-8-16)20-19-4-2-1-3-14(19)9-10-28(20)21(29)27-18-11-17(26)12-22(24,25)13-18/h1-8,17-18,20H,9-13,26H2,(H,27,29)/t17-,18+,20-/m0/s1. The van der Waals surface area contributed by atoms with Gasteiger partial charge in [-0.2, -0.15) is 0 Å². The zero-order valence-electron chi connectivity index (χ0n) is 16.0. The zero-order valence-corrected chi connectivity index (χ0v) is 16.0. The van der Waals surface area contributed by atoms with Crippen LogP contribution in [0.5, 0.6) is 0 Å². The molecule has 0 unspecified atom stereocenters. The Morgan fingerprint density at radius 3 is 2.55 bits per heavy atom. The molecule has 4 rings (SSSR count). The Kier molecular flexibility index (Phi) is 5.25. The first kappa shape index (κ1) is 19.8. The summed E-state index contributed by atoms with van der Waals surface area (Å²) in [7, 11) is 0. The van der Waals surface area contributed by atoms with Crippen LogP contribution in [0.3, 0.4) is 0 Å². The smallest absolute Gasteiger partial charge is 0.318 e. The molecule has 2 aliphatic rings. The number of benzene rings is 2. The van der Waals surface area contributed by atoms with Crippen LogP contribution in [0.15, 0.2) is 48.5 Å². The van der Waals surface area contributed by atoms with Gasteiger partial charge in [-0.15, -0.1) is 0 Å². The van der Waals surface area contributed by atoms with Crippen molar-refractivity contribution in [3.63, 3.8) is 0 Å². The predicted molar refractivity (Wildman–Crippen MR) is 104 cm³/mol. The van der Waals surface area contributed by atoms with Crippen LogP contribution < -0.4 is 11.1 Å². The summed E-state index contributed by atoms with van der Waals surface area (Å²) in [5, 5.41) is 2.77. The normalized spacial score (nSPS) is 25.9. The molecular formula is C22H24F3N3O. The Bertz CT molecular complexity index is 887. The predicted octanol–water partition coefficient (Wildman–Crippen LogP) is 4.00. The number of hydrogen-bond acceptors (Lipinski definition) is 2. The third-order valence-electron chi connectivity index (χ3n) is 5.75. The molecule has 0 saturated heterocycles. The number of carbonyl (C=O) groups is 1. The molecule has 2 amide bonds. The second-order valence-electron chi connectivity index (χ2n) is 8.00. The van der Waals surface area contributed by atoms with Crippen molar-refractivity contribution >= 4 is 6.03 Å². The number of halogens is 3. The van der Waals surface area contributed by atoms with Crippen LogP contribution in [-0.4, -0.2) is 35.5 Å². The van der Waals surface area contributed by atoms with Gasteiger partial charge in [0.1, 0.15) is 5.82 Å². The lowest BCUT2D eigenvalue weighted by molar-refractivity contribution is -0.0490. The van der Waals surface area contributed by atoms with Crippen molar-refractivity contribution < 1.29 is 18.0 Å². The fourth-order valence-electron chi connectivity index (χ4n) is 4.52. The van der Waals surface area contributed by atoms with Crippen molar-refractivity contribution in [1.82, 2.24) is 10.2 Å². The van der Waals surface area contributed by atoms with Crippen molar-refractivity contribution in [3.8, 4) is 0 Å². The van der Waals surface area contributed by atoms with Crippen LogP contribution in [0.25, 0.3) is 0 Å². The van der Waals surface area contributed by atoms with E-state index in [4.69, 9.17) is 5.73 Å². The van der Waals surface area contributed by atoms with Gasteiger partial charge in [-0.1, -0.05) is 36.4 Å². The molecule has 0 spiro atoms. The van der Waals surface area contributed by atoms with E-state index in [1.807, 2.05) is 24.3 Å². The maximum atomic E-state index is 13.9. The van der Waals surface area contributed by atoms with Gasteiger partial charge in [-0.25, -0.2) is 18.0 Å². The van der Waals surface area contributed by atoms with E-state index in [1.54, 1.807) is 17.0 Å². The van der Waals surface area contributed by atoms with E-state index in [0.717, 1.165) is 16.7 Å². The lowest BCUT2D eigenvalue weighted by Crippen LogP contribution is -2.53. The van der Waals surface area contributed by atoms with Gasteiger partial charge in [0.05, 0.1) is 6.04 Å². The van der Waals surface area contributed by atoms with Gasteiger partial charge in [-0.05, 0) is 41.7 Å². The molecule has 4 nitrogen and oxygen atoms in total. The minimum absolute atomic E-state index is 0.326. The number of rotatable bonds is 2. The van der Waals surface area contributed by atoms with E-state index in [9.17, 15) is 18.0 Å². The Morgan fingerprint density at radius 2 is 1.83 bits per heavy atom. The number of amides is 2. The third-order valence-corrected chi connectivity index (χ3v) is 5.75. The molecule has 2 aromatic rings. The average molecular weight is 403 g/mol. The van der Waals surface area contributed by atoms with E-state index >= 15 is 0 Å². The molecule has 154 valence electrons. The second-order valence-corrected chi connectivity index (χ2v) is 8.00. The Hall–Kier alpha value is -2.54. The first-order valence-electron chi connectivity index (χ1n) is 9.86. The highest BCUT2D eigenvalue weighted by Crippen LogP contribution is 2.36. The zero-order chi connectivity index (χ0) is 20.6. The van der Waals surface area contributed by atoms with Crippen LogP contribution >= 0.6 is 0 Å². The number of hydrogen-bond donors (Lipinski definition) is 2. The summed E-state index contributed by atoms with van der Waals surface area (Å²) in [4.78, 5) is 14.7. The average Bonchev–Trinajstić information content (AvgIpc) is 2.66. The summed E-state index contributed by atoms with van der Waals surface area (Å²) in [5.41, 5.74) is 8.63. The molecule has 2 aromatic carbocycles. The SMILES string of the molecule is N[C@H]1C[C@@H](NC(=O)N2CCc3ccccc3[C@@H]2c2ccc(F)cc2)CC(F)(F)C1. The Labute approximate surface area is 167 Å². The third kappa shape index (κ3) is 4.24. The molecule has 3 atom stereocenters. The van der Waals surface area contributed by atoms with Crippen LogP contribution in [0.2, 0.25) is 0 Å². The molecular weight excluding hydrogens is 379 g/mol. The monoisotopic (exact) mass is 403 g/mol. The van der Waals surface area contributed by atoms with Gasteiger partial charge in [0.15, 0.2) is 0 Å². The number of nitrogens with zero attached hydrogens (tertiary/aromatic N) is 1. The summed E-state index contributed by atoms with van der Waals surface area (Å²) in [6.45, 7) is 0.445. The van der Waals surface area contributed by atoms with Crippen molar-refractivity contribution in [2.75, 3.05) is 6.54 Å². The molecule has 0 radical (unpaired) electrons.